The van der Waals surface area contributed by atoms with Crippen LogP contribution in [0.1, 0.15) is 31.9 Å². The molecule has 1 saturated heterocycles. The molecule has 1 heterocycles. The van der Waals surface area contributed by atoms with Gasteiger partial charge in [-0.3, -0.25) is 0 Å². The number of hydrogen-bond acceptors (Lipinski definition) is 4. The number of hydrogen-bond donors (Lipinski definition) is 1. The molecule has 0 aromatic heterocycles. The summed E-state index contributed by atoms with van der Waals surface area (Å²) in [5.74, 6) is 0.963. The van der Waals surface area contributed by atoms with Gasteiger partial charge in [-0.05, 0) is 33.0 Å². The number of likely N-dealkylation sites (N-methyl/N-ethyl adjacent to an activating group) is 1. The van der Waals surface area contributed by atoms with E-state index in [1.165, 1.54) is 5.56 Å². The number of benzene rings is 1. The third-order valence-electron chi connectivity index (χ3n) is 3.84. The molecule has 0 amide bonds. The summed E-state index contributed by atoms with van der Waals surface area (Å²) in [5.41, 5.74) is 1.20. The van der Waals surface area contributed by atoms with Crippen LogP contribution in [0.15, 0.2) is 24.3 Å². The summed E-state index contributed by atoms with van der Waals surface area (Å²) in [7, 11) is 2.15. The van der Waals surface area contributed by atoms with Crippen molar-refractivity contribution in [1.29, 1.82) is 0 Å². The zero-order chi connectivity index (χ0) is 15.1. The van der Waals surface area contributed by atoms with Crippen molar-refractivity contribution < 1.29 is 9.47 Å². The van der Waals surface area contributed by atoms with E-state index >= 15 is 0 Å². The maximum atomic E-state index is 6.04. The molecular formula is C17H28N2O2. The van der Waals surface area contributed by atoms with Crippen LogP contribution in [0.25, 0.3) is 0 Å². The second-order valence-electron chi connectivity index (χ2n) is 5.57. The number of nitrogens with one attached hydrogen (secondary N) is 1. The minimum atomic E-state index is 0.164. The van der Waals surface area contributed by atoms with E-state index in [2.05, 4.69) is 36.3 Å². The molecule has 2 atom stereocenters. The molecule has 0 radical (unpaired) electrons. The molecule has 1 fully saturated rings. The summed E-state index contributed by atoms with van der Waals surface area (Å²) in [5, 5.41) is 3.64. The smallest absolute Gasteiger partial charge is 0.124 e. The maximum Gasteiger partial charge on any atom is 0.124 e. The van der Waals surface area contributed by atoms with Gasteiger partial charge in [-0.25, -0.2) is 0 Å². The van der Waals surface area contributed by atoms with E-state index < -0.39 is 0 Å². The molecule has 0 saturated carbocycles. The first-order valence-corrected chi connectivity index (χ1v) is 8.01. The number of ether oxygens (including phenoxy) is 2. The average molecular weight is 292 g/mol. The van der Waals surface area contributed by atoms with E-state index in [-0.39, 0.29) is 12.1 Å². The first-order chi connectivity index (χ1) is 10.3. The molecule has 1 aliphatic heterocycles. The Morgan fingerprint density at radius 3 is 2.90 bits per heavy atom. The highest BCUT2D eigenvalue weighted by Crippen LogP contribution is 2.30. The second kappa shape index (κ2) is 8.37. The normalized spacial score (nSPS) is 21.2. The minimum Gasteiger partial charge on any atom is -0.494 e. The van der Waals surface area contributed by atoms with E-state index in [9.17, 15) is 0 Å². The Labute approximate surface area is 128 Å². The highest BCUT2D eigenvalue weighted by atomic mass is 16.5. The fourth-order valence-corrected chi connectivity index (χ4v) is 2.78. The third kappa shape index (κ3) is 4.43. The summed E-state index contributed by atoms with van der Waals surface area (Å²) >= 11 is 0. The highest BCUT2D eigenvalue weighted by Gasteiger charge is 2.29. The summed E-state index contributed by atoms with van der Waals surface area (Å²) in [6.45, 7) is 8.62. The molecule has 4 heteroatoms. The van der Waals surface area contributed by atoms with Crippen LogP contribution in [-0.4, -0.2) is 50.9 Å². The van der Waals surface area contributed by atoms with E-state index in [0.717, 1.165) is 38.4 Å². The van der Waals surface area contributed by atoms with Gasteiger partial charge in [0.25, 0.3) is 0 Å². The summed E-state index contributed by atoms with van der Waals surface area (Å²) in [4.78, 5) is 2.33. The standard InChI is InChI=1S/C17H28N2O2/c1-4-10-18-17(16-13-19(3)11-12-21-16)14-8-6-7-9-15(14)20-5-2/h6-9,16-18H,4-5,10-13H2,1-3H3. The van der Waals surface area contributed by atoms with E-state index in [0.29, 0.717) is 6.61 Å². The van der Waals surface area contributed by atoms with Gasteiger partial charge in [0, 0.05) is 18.7 Å². The summed E-state index contributed by atoms with van der Waals surface area (Å²) in [6, 6.07) is 8.47. The van der Waals surface area contributed by atoms with Crippen molar-refractivity contribution in [2.75, 3.05) is 39.9 Å². The lowest BCUT2D eigenvalue weighted by molar-refractivity contribution is -0.0396. The van der Waals surface area contributed by atoms with Crippen LogP contribution in [0.5, 0.6) is 5.75 Å². The van der Waals surface area contributed by atoms with Crippen LogP contribution in [0, 0.1) is 0 Å². The van der Waals surface area contributed by atoms with Gasteiger partial charge in [-0.2, -0.15) is 0 Å². The Hall–Kier alpha value is -1.10. The molecule has 1 aromatic carbocycles. The predicted octanol–water partition coefficient (Wildman–Crippen LogP) is 2.46. The van der Waals surface area contributed by atoms with Crippen LogP contribution in [0.3, 0.4) is 0 Å². The highest BCUT2D eigenvalue weighted by molar-refractivity contribution is 5.36. The number of nitrogens with zero attached hydrogens (tertiary/aromatic N) is 1. The molecule has 2 unspecified atom stereocenters. The lowest BCUT2D eigenvalue weighted by Gasteiger charge is -2.36. The average Bonchev–Trinajstić information content (AvgIpc) is 2.49. The fraction of sp³-hybridized carbons (Fsp3) is 0.647. The van der Waals surface area contributed by atoms with E-state index in [4.69, 9.17) is 9.47 Å². The van der Waals surface area contributed by atoms with Crippen LogP contribution in [0.4, 0.5) is 0 Å². The zero-order valence-electron chi connectivity index (χ0n) is 13.5. The topological polar surface area (TPSA) is 33.7 Å². The van der Waals surface area contributed by atoms with Gasteiger partial charge >= 0.3 is 0 Å². The van der Waals surface area contributed by atoms with Crippen molar-refractivity contribution in [3.05, 3.63) is 29.8 Å². The molecule has 2 rings (SSSR count). The zero-order valence-corrected chi connectivity index (χ0v) is 13.5. The summed E-state index contributed by atoms with van der Waals surface area (Å²) < 4.78 is 11.8. The molecule has 0 spiro atoms. The first kappa shape index (κ1) is 16.3. The van der Waals surface area contributed by atoms with Crippen molar-refractivity contribution in [2.24, 2.45) is 0 Å². The Morgan fingerprint density at radius 2 is 2.19 bits per heavy atom. The SMILES string of the molecule is CCCNC(c1ccccc1OCC)C1CN(C)CCO1. The first-order valence-electron chi connectivity index (χ1n) is 8.01. The molecule has 1 aromatic rings. The van der Waals surface area contributed by atoms with Gasteiger partial charge < -0.3 is 19.7 Å². The number of rotatable bonds is 7. The predicted molar refractivity (Wildman–Crippen MR) is 85.9 cm³/mol. The molecule has 118 valence electrons. The van der Waals surface area contributed by atoms with Crippen LogP contribution in [-0.2, 0) is 4.74 Å². The molecule has 1 N–H and O–H groups in total. The summed E-state index contributed by atoms with van der Waals surface area (Å²) in [6.07, 6.45) is 1.27. The Balaban J connectivity index is 2.22. The van der Waals surface area contributed by atoms with Crippen molar-refractivity contribution in [2.45, 2.75) is 32.4 Å². The van der Waals surface area contributed by atoms with Gasteiger partial charge in [-0.15, -0.1) is 0 Å². The lowest BCUT2D eigenvalue weighted by atomic mass is 9.98. The Kier molecular flexibility index (Phi) is 6.49. The Morgan fingerprint density at radius 1 is 1.38 bits per heavy atom. The molecule has 4 nitrogen and oxygen atoms in total. The van der Waals surface area contributed by atoms with Crippen molar-refractivity contribution in [3.63, 3.8) is 0 Å². The number of para-hydroxylation sites is 1. The molecule has 1 aliphatic rings. The van der Waals surface area contributed by atoms with Gasteiger partial charge in [-0.1, -0.05) is 25.1 Å². The Bertz CT molecular complexity index is 425. The van der Waals surface area contributed by atoms with Gasteiger partial charge in [0.15, 0.2) is 0 Å². The minimum absolute atomic E-state index is 0.164. The quantitative estimate of drug-likeness (QED) is 0.837. The lowest BCUT2D eigenvalue weighted by Crippen LogP contribution is -2.47. The third-order valence-corrected chi connectivity index (χ3v) is 3.84. The van der Waals surface area contributed by atoms with Gasteiger partial charge in [0.05, 0.1) is 25.4 Å². The van der Waals surface area contributed by atoms with Crippen LogP contribution >= 0.6 is 0 Å². The van der Waals surface area contributed by atoms with Crippen molar-refractivity contribution >= 4 is 0 Å². The number of morpholine rings is 1. The largest absolute Gasteiger partial charge is 0.494 e. The fourth-order valence-electron chi connectivity index (χ4n) is 2.78. The van der Waals surface area contributed by atoms with Crippen molar-refractivity contribution in [1.82, 2.24) is 10.2 Å². The molecule has 0 aliphatic carbocycles. The second-order valence-corrected chi connectivity index (χ2v) is 5.57. The maximum absolute atomic E-state index is 6.04. The van der Waals surface area contributed by atoms with E-state index in [1.807, 2.05) is 19.1 Å². The molecule has 21 heavy (non-hydrogen) atoms. The van der Waals surface area contributed by atoms with Crippen LogP contribution in [0.2, 0.25) is 0 Å². The monoisotopic (exact) mass is 292 g/mol. The van der Waals surface area contributed by atoms with Crippen molar-refractivity contribution in [3.8, 4) is 5.75 Å². The van der Waals surface area contributed by atoms with Gasteiger partial charge in [0.1, 0.15) is 5.75 Å². The molecule has 0 bridgehead atoms. The molecular weight excluding hydrogens is 264 g/mol. The van der Waals surface area contributed by atoms with E-state index in [1.54, 1.807) is 0 Å². The van der Waals surface area contributed by atoms with Crippen LogP contribution < -0.4 is 10.1 Å². The van der Waals surface area contributed by atoms with Gasteiger partial charge in [0.2, 0.25) is 0 Å².